The van der Waals surface area contributed by atoms with Gasteiger partial charge in [-0.05, 0) is 42.8 Å². The van der Waals surface area contributed by atoms with E-state index in [0.29, 0.717) is 17.1 Å². The van der Waals surface area contributed by atoms with Gasteiger partial charge in [0.15, 0.2) is 0 Å². The van der Waals surface area contributed by atoms with E-state index in [-0.39, 0.29) is 17.9 Å². The highest BCUT2D eigenvalue weighted by molar-refractivity contribution is 6.31. The van der Waals surface area contributed by atoms with Crippen LogP contribution in [-0.4, -0.2) is 17.4 Å². The molecule has 110 valence electrons. The lowest BCUT2D eigenvalue weighted by atomic mass is 10.1. The molecule has 2 aromatic carbocycles. The summed E-state index contributed by atoms with van der Waals surface area (Å²) in [4.78, 5) is 13.8. The predicted octanol–water partition coefficient (Wildman–Crippen LogP) is 4.28. The molecule has 21 heavy (non-hydrogen) atoms. The Balaban J connectivity index is 2.24. The fraction of sp³-hybridized carbons (Fsp3) is 0.188. The maximum atomic E-state index is 13.8. The van der Waals surface area contributed by atoms with Crippen LogP contribution < -0.4 is 0 Å². The van der Waals surface area contributed by atoms with Crippen LogP contribution in [0, 0.1) is 11.6 Å². The minimum Gasteiger partial charge on any atom is -0.335 e. The molecule has 5 heteroatoms. The zero-order chi connectivity index (χ0) is 15.4. The molecule has 0 radical (unpaired) electrons. The fourth-order valence-electron chi connectivity index (χ4n) is 2.01. The van der Waals surface area contributed by atoms with Gasteiger partial charge in [0.1, 0.15) is 11.6 Å². The second-order valence-electron chi connectivity index (χ2n) is 4.57. The van der Waals surface area contributed by atoms with Crippen molar-refractivity contribution in [2.24, 2.45) is 0 Å². The van der Waals surface area contributed by atoms with Gasteiger partial charge in [-0.25, -0.2) is 8.78 Å². The minimum atomic E-state index is -0.623. The maximum absolute atomic E-state index is 13.8. The Labute approximate surface area is 127 Å². The van der Waals surface area contributed by atoms with Crippen LogP contribution in [0.3, 0.4) is 0 Å². The van der Waals surface area contributed by atoms with Crippen LogP contribution in [0.2, 0.25) is 5.02 Å². The molecular weight excluding hydrogens is 296 g/mol. The Bertz CT molecular complexity index is 660. The number of nitrogens with zero attached hydrogens (tertiary/aromatic N) is 1. The van der Waals surface area contributed by atoms with E-state index < -0.39 is 11.7 Å². The first-order chi connectivity index (χ1) is 10.0. The largest absolute Gasteiger partial charge is 0.335 e. The van der Waals surface area contributed by atoms with Gasteiger partial charge in [0, 0.05) is 18.1 Å². The normalized spacial score (nSPS) is 10.5. The second-order valence-corrected chi connectivity index (χ2v) is 5.01. The van der Waals surface area contributed by atoms with E-state index in [1.807, 2.05) is 0 Å². The van der Waals surface area contributed by atoms with Crippen LogP contribution in [0.15, 0.2) is 42.5 Å². The number of benzene rings is 2. The van der Waals surface area contributed by atoms with Crippen LogP contribution in [0.1, 0.15) is 22.8 Å². The highest BCUT2D eigenvalue weighted by Gasteiger charge is 2.18. The van der Waals surface area contributed by atoms with E-state index >= 15 is 0 Å². The molecule has 0 saturated heterocycles. The first-order valence-corrected chi connectivity index (χ1v) is 6.88. The highest BCUT2D eigenvalue weighted by atomic mass is 35.5. The van der Waals surface area contributed by atoms with E-state index in [9.17, 15) is 13.6 Å². The predicted molar refractivity (Wildman–Crippen MR) is 78.2 cm³/mol. The standard InChI is InChI=1S/C16H14ClF2NO/c1-2-20(10-11-4-3-5-13(18)8-11)16(21)14-9-12(17)6-7-15(14)19/h3-9H,2,10H2,1H3. The summed E-state index contributed by atoms with van der Waals surface area (Å²) >= 11 is 5.80. The third-order valence-corrected chi connectivity index (χ3v) is 3.33. The highest BCUT2D eigenvalue weighted by Crippen LogP contribution is 2.18. The average molecular weight is 310 g/mol. The van der Waals surface area contributed by atoms with Crippen LogP contribution >= 0.6 is 11.6 Å². The van der Waals surface area contributed by atoms with Gasteiger partial charge in [-0.2, -0.15) is 0 Å². The lowest BCUT2D eigenvalue weighted by Crippen LogP contribution is -2.31. The summed E-state index contributed by atoms with van der Waals surface area (Å²) in [5.41, 5.74) is 0.563. The van der Waals surface area contributed by atoms with Crippen molar-refractivity contribution in [1.82, 2.24) is 4.90 Å². The van der Waals surface area contributed by atoms with Crippen molar-refractivity contribution in [1.29, 1.82) is 0 Å². The number of carbonyl (C=O) groups is 1. The van der Waals surface area contributed by atoms with Crippen molar-refractivity contribution in [3.05, 3.63) is 70.2 Å². The van der Waals surface area contributed by atoms with Gasteiger partial charge < -0.3 is 4.90 Å². The van der Waals surface area contributed by atoms with Gasteiger partial charge in [-0.3, -0.25) is 4.79 Å². The van der Waals surface area contributed by atoms with Crippen LogP contribution in [-0.2, 0) is 6.54 Å². The molecule has 0 spiro atoms. The van der Waals surface area contributed by atoms with Gasteiger partial charge >= 0.3 is 0 Å². The summed E-state index contributed by atoms with van der Waals surface area (Å²) in [5, 5.41) is 0.293. The van der Waals surface area contributed by atoms with Gasteiger partial charge in [0.2, 0.25) is 0 Å². The van der Waals surface area contributed by atoms with Crippen molar-refractivity contribution < 1.29 is 13.6 Å². The molecule has 0 unspecified atom stereocenters. The van der Waals surface area contributed by atoms with Gasteiger partial charge in [-0.1, -0.05) is 23.7 Å². The molecule has 0 aliphatic carbocycles. The molecule has 2 aromatic rings. The molecule has 1 amide bonds. The van der Waals surface area contributed by atoms with Gasteiger partial charge in [0.25, 0.3) is 5.91 Å². The number of amides is 1. The van der Waals surface area contributed by atoms with Crippen molar-refractivity contribution >= 4 is 17.5 Å². The molecule has 0 atom stereocenters. The zero-order valence-electron chi connectivity index (χ0n) is 11.4. The van der Waals surface area contributed by atoms with Gasteiger partial charge in [-0.15, -0.1) is 0 Å². The lowest BCUT2D eigenvalue weighted by molar-refractivity contribution is 0.0747. The number of hydrogen-bond donors (Lipinski definition) is 0. The monoisotopic (exact) mass is 309 g/mol. The molecule has 2 nitrogen and oxygen atoms in total. The minimum absolute atomic E-state index is 0.0826. The number of carbonyl (C=O) groups excluding carboxylic acids is 1. The van der Waals surface area contributed by atoms with Crippen LogP contribution in [0.25, 0.3) is 0 Å². The smallest absolute Gasteiger partial charge is 0.257 e. The molecule has 0 aliphatic rings. The van der Waals surface area contributed by atoms with Crippen molar-refractivity contribution in [2.45, 2.75) is 13.5 Å². The van der Waals surface area contributed by atoms with Crippen molar-refractivity contribution in [2.75, 3.05) is 6.54 Å². The summed E-state index contributed by atoms with van der Waals surface area (Å²) < 4.78 is 26.9. The lowest BCUT2D eigenvalue weighted by Gasteiger charge is -2.21. The van der Waals surface area contributed by atoms with Crippen molar-refractivity contribution in [3.63, 3.8) is 0 Å². The number of rotatable bonds is 4. The zero-order valence-corrected chi connectivity index (χ0v) is 12.2. The molecular formula is C16H14ClF2NO. The molecule has 0 bridgehead atoms. The Hall–Kier alpha value is -1.94. The molecule has 0 saturated carbocycles. The first-order valence-electron chi connectivity index (χ1n) is 6.50. The summed E-state index contributed by atoms with van der Waals surface area (Å²) in [6.45, 7) is 2.36. The quantitative estimate of drug-likeness (QED) is 0.825. The second kappa shape index (κ2) is 6.68. The van der Waals surface area contributed by atoms with E-state index in [4.69, 9.17) is 11.6 Å². The van der Waals surface area contributed by atoms with Crippen LogP contribution in [0.5, 0.6) is 0 Å². The fourth-order valence-corrected chi connectivity index (χ4v) is 2.19. The molecule has 0 N–H and O–H groups in total. The molecule has 0 aliphatic heterocycles. The summed E-state index contributed by atoms with van der Waals surface area (Å²) in [5.74, 6) is -1.46. The Morgan fingerprint density at radius 1 is 1.19 bits per heavy atom. The topological polar surface area (TPSA) is 20.3 Å². The van der Waals surface area contributed by atoms with E-state index in [0.717, 1.165) is 6.07 Å². The SMILES string of the molecule is CCN(Cc1cccc(F)c1)C(=O)c1cc(Cl)ccc1F. The number of hydrogen-bond acceptors (Lipinski definition) is 1. The Kier molecular flexibility index (Phi) is 4.91. The van der Waals surface area contributed by atoms with Crippen LogP contribution in [0.4, 0.5) is 8.78 Å². The third-order valence-electron chi connectivity index (χ3n) is 3.09. The molecule has 0 aromatic heterocycles. The van der Waals surface area contributed by atoms with E-state index in [2.05, 4.69) is 0 Å². The molecule has 2 rings (SSSR count). The third kappa shape index (κ3) is 3.79. The van der Waals surface area contributed by atoms with E-state index in [1.165, 1.54) is 29.2 Å². The number of halogens is 3. The summed E-state index contributed by atoms with van der Waals surface area (Å²) in [6.07, 6.45) is 0. The molecule has 0 heterocycles. The summed E-state index contributed by atoms with van der Waals surface area (Å²) in [6, 6.07) is 9.81. The average Bonchev–Trinajstić information content (AvgIpc) is 2.46. The maximum Gasteiger partial charge on any atom is 0.257 e. The molecule has 0 fully saturated rings. The van der Waals surface area contributed by atoms with E-state index in [1.54, 1.807) is 19.1 Å². The van der Waals surface area contributed by atoms with Crippen molar-refractivity contribution in [3.8, 4) is 0 Å². The Morgan fingerprint density at radius 2 is 1.95 bits per heavy atom. The van der Waals surface area contributed by atoms with Gasteiger partial charge in [0.05, 0.1) is 5.56 Å². The Morgan fingerprint density at radius 3 is 2.62 bits per heavy atom. The first kappa shape index (κ1) is 15.4. The summed E-state index contributed by atoms with van der Waals surface area (Å²) in [7, 11) is 0.